The smallest absolute Gasteiger partial charge is 0.123 e. The fraction of sp³-hybridized carbons (Fsp3) is 0.400. The molecular formula is C10H14FN. The molecule has 0 aliphatic heterocycles. The predicted molar refractivity (Wildman–Crippen MR) is 48.6 cm³/mol. The second-order valence-electron chi connectivity index (χ2n) is 2.88. The Morgan fingerprint density at radius 2 is 2.17 bits per heavy atom. The third kappa shape index (κ3) is 2.62. The molecule has 0 heterocycles. The molecule has 0 radical (unpaired) electrons. The largest absolute Gasteiger partial charge is 0.317 e. The lowest BCUT2D eigenvalue weighted by molar-refractivity contribution is 0.603. The summed E-state index contributed by atoms with van der Waals surface area (Å²) in [5, 5.41) is 2.49. The van der Waals surface area contributed by atoms with Gasteiger partial charge in [0.05, 0.1) is 0 Å². The first kappa shape index (κ1) is 5.70. The number of nitrogens with one attached hydrogen (secondary N) is 1. The highest BCUT2D eigenvalue weighted by atomic mass is 19.1. The monoisotopic (exact) mass is 170 g/mol. The van der Waals surface area contributed by atoms with Gasteiger partial charge in [-0.2, -0.15) is 0 Å². The molecular weight excluding hydrogens is 153 g/mol. The van der Waals surface area contributed by atoms with Gasteiger partial charge in [0.1, 0.15) is 5.82 Å². The highest BCUT2D eigenvalue weighted by Crippen LogP contribution is 2.05. The van der Waals surface area contributed by atoms with Gasteiger partial charge in [0.2, 0.25) is 0 Å². The lowest BCUT2D eigenvalue weighted by Crippen LogP contribution is -2.23. The maximum Gasteiger partial charge on any atom is 0.123 e. The highest BCUT2D eigenvalue weighted by molar-refractivity contribution is 5.16. The minimum absolute atomic E-state index is 0.164. The Labute approximate surface area is 76.8 Å². The van der Waals surface area contributed by atoms with Crippen LogP contribution in [0.1, 0.15) is 16.6 Å². The van der Waals surface area contributed by atoms with Crippen molar-refractivity contribution in [3.63, 3.8) is 0 Å². The molecule has 0 aromatic heterocycles. The van der Waals surface area contributed by atoms with E-state index in [0.29, 0.717) is 6.42 Å². The first-order chi connectivity index (χ1) is 6.87. The van der Waals surface area contributed by atoms with Crippen LogP contribution in [0, 0.1) is 5.82 Å². The van der Waals surface area contributed by atoms with Crippen LogP contribution < -0.4 is 5.32 Å². The van der Waals surface area contributed by atoms with Gasteiger partial charge in [-0.05, 0) is 38.0 Å². The lowest BCUT2D eigenvalue weighted by atomic mass is 10.1. The van der Waals surface area contributed by atoms with Crippen LogP contribution in [0.15, 0.2) is 24.3 Å². The van der Waals surface area contributed by atoms with Crippen molar-refractivity contribution in [2.75, 3.05) is 6.98 Å². The van der Waals surface area contributed by atoms with E-state index in [9.17, 15) is 4.39 Å². The third-order valence-electron chi connectivity index (χ3n) is 1.70. The van der Waals surface area contributed by atoms with Crippen LogP contribution in [0.4, 0.5) is 4.39 Å². The summed E-state index contributed by atoms with van der Waals surface area (Å²) in [6.07, 6.45) is 0.568. The van der Waals surface area contributed by atoms with Crippen molar-refractivity contribution in [2.24, 2.45) is 0 Å². The summed E-state index contributed by atoms with van der Waals surface area (Å²) in [4.78, 5) is 0. The van der Waals surface area contributed by atoms with Gasteiger partial charge in [0.25, 0.3) is 0 Å². The van der Waals surface area contributed by atoms with Crippen LogP contribution in [-0.4, -0.2) is 13.0 Å². The molecule has 0 aliphatic rings. The highest BCUT2D eigenvalue weighted by Gasteiger charge is 1.99. The van der Waals surface area contributed by atoms with E-state index in [1.807, 2.05) is 0 Å². The van der Waals surface area contributed by atoms with Crippen molar-refractivity contribution in [3.05, 3.63) is 35.6 Å². The Hall–Kier alpha value is -0.890. The number of likely N-dealkylation sites (N-methyl/N-ethyl adjacent to an activating group) is 1. The summed E-state index contributed by atoms with van der Waals surface area (Å²) >= 11 is 0. The fourth-order valence-electron chi connectivity index (χ4n) is 1.03. The van der Waals surface area contributed by atoms with Crippen LogP contribution in [0.5, 0.6) is 0 Å². The van der Waals surface area contributed by atoms with E-state index >= 15 is 0 Å². The van der Waals surface area contributed by atoms with Crippen molar-refractivity contribution >= 4 is 0 Å². The molecule has 1 atom stereocenters. The average Bonchev–Trinajstić information content (AvgIpc) is 2.05. The van der Waals surface area contributed by atoms with Gasteiger partial charge in [-0.1, -0.05) is 12.1 Å². The van der Waals surface area contributed by atoms with E-state index in [-0.39, 0.29) is 11.9 Å². The maximum atomic E-state index is 12.6. The number of rotatable bonds is 3. The number of benzene rings is 1. The molecule has 1 nitrogen and oxygen atoms in total. The summed E-state index contributed by atoms with van der Waals surface area (Å²) in [6.45, 7) is -0.338. The molecule has 12 heavy (non-hydrogen) atoms. The van der Waals surface area contributed by atoms with Crippen LogP contribution >= 0.6 is 0 Å². The van der Waals surface area contributed by atoms with Crippen molar-refractivity contribution in [3.8, 4) is 0 Å². The van der Waals surface area contributed by atoms with Gasteiger partial charge in [0, 0.05) is 10.2 Å². The van der Waals surface area contributed by atoms with Gasteiger partial charge in [-0.15, -0.1) is 0 Å². The molecule has 0 bridgehead atoms. The van der Waals surface area contributed by atoms with E-state index < -0.39 is 6.98 Å². The topological polar surface area (TPSA) is 12.0 Å². The molecule has 1 aromatic carbocycles. The summed E-state index contributed by atoms with van der Waals surface area (Å²) in [7, 11) is 0. The zero-order valence-electron chi connectivity index (χ0n) is 9.97. The second kappa shape index (κ2) is 4.21. The van der Waals surface area contributed by atoms with Crippen molar-refractivity contribution < 1.29 is 8.50 Å². The zero-order valence-corrected chi connectivity index (χ0v) is 6.97. The van der Waals surface area contributed by atoms with Gasteiger partial charge in [-0.25, -0.2) is 4.39 Å². The zero-order chi connectivity index (χ0) is 11.5. The van der Waals surface area contributed by atoms with Gasteiger partial charge < -0.3 is 5.32 Å². The first-order valence-electron chi connectivity index (χ1n) is 5.39. The van der Waals surface area contributed by atoms with Crippen LogP contribution in [0.2, 0.25) is 0 Å². The summed E-state index contributed by atoms with van der Waals surface area (Å²) in [6, 6.07) is 5.90. The minimum Gasteiger partial charge on any atom is -0.317 e. The Bertz CT molecular complexity index is 307. The number of halogens is 1. The molecule has 1 unspecified atom stereocenters. The SMILES string of the molecule is [2H]C([2H])([2H])NC(C)Cc1ccc(F)cc1. The average molecular weight is 170 g/mol. The standard InChI is InChI=1S/C10H14FN/c1-8(12-2)7-9-3-5-10(11)6-4-9/h3-6,8,12H,7H2,1-2H3/i2D3. The maximum absolute atomic E-state index is 12.6. The lowest BCUT2D eigenvalue weighted by Gasteiger charge is -2.09. The summed E-state index contributed by atoms with van der Waals surface area (Å²) in [5.41, 5.74) is 0.917. The molecule has 66 valence electrons. The Morgan fingerprint density at radius 3 is 2.75 bits per heavy atom. The molecule has 1 N–H and O–H groups in total. The van der Waals surface area contributed by atoms with E-state index in [2.05, 4.69) is 5.32 Å². The van der Waals surface area contributed by atoms with Crippen LogP contribution in [0.25, 0.3) is 0 Å². The Balaban J connectivity index is 2.51. The van der Waals surface area contributed by atoms with E-state index in [0.717, 1.165) is 5.56 Å². The van der Waals surface area contributed by atoms with Crippen LogP contribution in [0.3, 0.4) is 0 Å². The molecule has 2 heteroatoms. The molecule has 1 aromatic rings. The van der Waals surface area contributed by atoms with E-state index in [1.165, 1.54) is 12.1 Å². The van der Waals surface area contributed by atoms with Gasteiger partial charge in [-0.3, -0.25) is 0 Å². The van der Waals surface area contributed by atoms with Gasteiger partial charge >= 0.3 is 0 Å². The Kier molecular flexibility index (Phi) is 2.00. The first-order valence-corrected chi connectivity index (χ1v) is 3.89. The summed E-state index contributed by atoms with van der Waals surface area (Å²) in [5.74, 6) is -0.282. The fourth-order valence-corrected chi connectivity index (χ4v) is 1.03. The molecule has 1 rings (SSSR count). The molecule has 0 amide bonds. The summed E-state index contributed by atoms with van der Waals surface area (Å²) < 4.78 is 33.7. The van der Waals surface area contributed by atoms with Crippen molar-refractivity contribution in [2.45, 2.75) is 19.4 Å². The van der Waals surface area contributed by atoms with Crippen molar-refractivity contribution in [1.82, 2.24) is 5.32 Å². The van der Waals surface area contributed by atoms with E-state index in [4.69, 9.17) is 4.11 Å². The van der Waals surface area contributed by atoms with Crippen molar-refractivity contribution in [1.29, 1.82) is 0 Å². The normalized spacial score (nSPS) is 17.7. The molecule has 0 aliphatic carbocycles. The minimum atomic E-state index is -2.13. The molecule has 0 saturated carbocycles. The molecule has 0 spiro atoms. The van der Waals surface area contributed by atoms with E-state index in [1.54, 1.807) is 19.1 Å². The number of hydrogen-bond donors (Lipinski definition) is 1. The Morgan fingerprint density at radius 1 is 1.50 bits per heavy atom. The third-order valence-corrected chi connectivity index (χ3v) is 1.70. The molecule has 0 fully saturated rings. The van der Waals surface area contributed by atoms with Gasteiger partial charge in [0.15, 0.2) is 0 Å². The predicted octanol–water partition coefficient (Wildman–Crippen LogP) is 1.98. The number of hydrogen-bond acceptors (Lipinski definition) is 1. The quantitative estimate of drug-likeness (QED) is 0.731. The second-order valence-corrected chi connectivity index (χ2v) is 2.88. The molecule has 0 saturated heterocycles. The van der Waals surface area contributed by atoms with Crippen LogP contribution in [-0.2, 0) is 6.42 Å².